The van der Waals surface area contributed by atoms with Gasteiger partial charge in [-0.25, -0.2) is 4.79 Å². The van der Waals surface area contributed by atoms with Gasteiger partial charge in [0.05, 0.1) is 36.1 Å². The molecule has 0 saturated carbocycles. The SMILES string of the molecule is COc1cc2c(cc1/N=N/c1ccc(C)cc1)C(C)=CC(C)(C)N2CCCC(=O)NC/C=C/c1cn([C@H]2CC(O)[C@@H](C)O2)c(=O)[nH]c1=O. The smallest absolute Gasteiger partial charge is 0.330 e. The lowest BCUT2D eigenvalue weighted by atomic mass is 9.88. The molecule has 2 aromatic carbocycles. The van der Waals surface area contributed by atoms with Crippen LogP contribution in [0.5, 0.6) is 5.75 Å². The largest absolute Gasteiger partial charge is 0.494 e. The van der Waals surface area contributed by atoms with Crippen LogP contribution >= 0.6 is 0 Å². The van der Waals surface area contributed by atoms with E-state index in [9.17, 15) is 19.5 Å². The molecule has 1 aromatic heterocycles. The number of carbonyl (C=O) groups excluding carboxylic acids is 1. The quantitative estimate of drug-likeness (QED) is 0.229. The summed E-state index contributed by atoms with van der Waals surface area (Å²) in [7, 11) is 1.62. The molecule has 1 amide bonds. The molecule has 1 unspecified atom stereocenters. The molecular weight excluding hydrogens is 612 g/mol. The summed E-state index contributed by atoms with van der Waals surface area (Å²) in [5.41, 5.74) is 4.51. The monoisotopic (exact) mass is 656 g/mol. The average molecular weight is 657 g/mol. The molecule has 254 valence electrons. The number of nitrogens with zero attached hydrogens (tertiary/aromatic N) is 4. The third-order valence-corrected chi connectivity index (χ3v) is 8.75. The van der Waals surface area contributed by atoms with Gasteiger partial charge in [0.2, 0.25) is 5.91 Å². The van der Waals surface area contributed by atoms with Crippen LogP contribution in [0.2, 0.25) is 0 Å². The van der Waals surface area contributed by atoms with E-state index in [0.717, 1.165) is 28.1 Å². The van der Waals surface area contributed by atoms with Gasteiger partial charge in [0, 0.05) is 49.4 Å². The Morgan fingerprint density at radius 1 is 1.19 bits per heavy atom. The second kappa shape index (κ2) is 14.5. The zero-order chi connectivity index (χ0) is 34.6. The Balaban J connectivity index is 1.20. The number of hydrogen-bond donors (Lipinski definition) is 3. The van der Waals surface area contributed by atoms with Gasteiger partial charge in [-0.3, -0.25) is 19.1 Å². The predicted molar refractivity (Wildman–Crippen MR) is 186 cm³/mol. The van der Waals surface area contributed by atoms with Crippen LogP contribution in [0.15, 0.2) is 74.6 Å². The average Bonchev–Trinajstić information content (AvgIpc) is 3.37. The fraction of sp³-hybridized carbons (Fsp3) is 0.417. The molecule has 0 spiro atoms. The Hall–Kier alpha value is -4.81. The number of carbonyl (C=O) groups is 1. The normalized spacial score (nSPS) is 20.3. The molecule has 3 heterocycles. The summed E-state index contributed by atoms with van der Waals surface area (Å²) in [4.78, 5) is 42.0. The lowest BCUT2D eigenvalue weighted by Crippen LogP contribution is -2.45. The van der Waals surface area contributed by atoms with Crippen LogP contribution < -0.4 is 26.2 Å². The molecule has 0 aliphatic carbocycles. The fourth-order valence-electron chi connectivity index (χ4n) is 6.12. The summed E-state index contributed by atoms with van der Waals surface area (Å²) < 4.78 is 12.6. The lowest BCUT2D eigenvalue weighted by molar-refractivity contribution is -0.120. The number of aromatic nitrogens is 2. The zero-order valence-corrected chi connectivity index (χ0v) is 28.3. The third-order valence-electron chi connectivity index (χ3n) is 8.75. The highest BCUT2D eigenvalue weighted by Gasteiger charge is 2.33. The van der Waals surface area contributed by atoms with Gasteiger partial charge in [-0.05, 0) is 64.8 Å². The first-order valence-corrected chi connectivity index (χ1v) is 16.2. The maximum atomic E-state index is 12.7. The van der Waals surface area contributed by atoms with Crippen LogP contribution in [0.4, 0.5) is 17.1 Å². The number of fused-ring (bicyclic) bond motifs is 1. The second-order valence-corrected chi connectivity index (χ2v) is 12.9. The van der Waals surface area contributed by atoms with E-state index in [0.29, 0.717) is 30.8 Å². The van der Waals surface area contributed by atoms with Crippen LogP contribution in [-0.4, -0.2) is 58.5 Å². The molecule has 0 radical (unpaired) electrons. The van der Waals surface area contributed by atoms with E-state index in [1.807, 2.05) is 43.3 Å². The minimum Gasteiger partial charge on any atom is -0.494 e. The summed E-state index contributed by atoms with van der Waals surface area (Å²) >= 11 is 0. The highest BCUT2D eigenvalue weighted by Crippen LogP contribution is 2.45. The Kier molecular flexibility index (Phi) is 10.4. The highest BCUT2D eigenvalue weighted by molar-refractivity contribution is 5.85. The van der Waals surface area contributed by atoms with Crippen molar-refractivity contribution >= 4 is 34.6 Å². The molecule has 12 heteroatoms. The van der Waals surface area contributed by atoms with Crippen LogP contribution in [0, 0.1) is 6.92 Å². The predicted octanol–water partition coefficient (Wildman–Crippen LogP) is 5.55. The van der Waals surface area contributed by atoms with Gasteiger partial charge < -0.3 is 24.8 Å². The Morgan fingerprint density at radius 3 is 2.62 bits per heavy atom. The molecule has 2 aliphatic heterocycles. The van der Waals surface area contributed by atoms with Crippen molar-refractivity contribution in [3.63, 3.8) is 0 Å². The first-order chi connectivity index (χ1) is 22.9. The van der Waals surface area contributed by atoms with E-state index in [1.165, 1.54) is 10.8 Å². The molecule has 5 rings (SSSR count). The fourth-order valence-corrected chi connectivity index (χ4v) is 6.12. The summed E-state index contributed by atoms with van der Waals surface area (Å²) in [5.74, 6) is 0.494. The first-order valence-electron chi connectivity index (χ1n) is 16.2. The zero-order valence-electron chi connectivity index (χ0n) is 28.3. The lowest BCUT2D eigenvalue weighted by Gasteiger charge is -2.43. The first kappa shape index (κ1) is 34.5. The number of rotatable bonds is 11. The minimum absolute atomic E-state index is 0.118. The molecule has 12 nitrogen and oxygen atoms in total. The van der Waals surface area contributed by atoms with Gasteiger partial charge in [-0.1, -0.05) is 35.9 Å². The van der Waals surface area contributed by atoms with Gasteiger partial charge >= 0.3 is 5.69 Å². The molecule has 3 aromatic rings. The van der Waals surface area contributed by atoms with Gasteiger partial charge in [-0.2, -0.15) is 5.11 Å². The molecular formula is C36H44N6O6. The number of aromatic amines is 1. The van der Waals surface area contributed by atoms with E-state index in [1.54, 1.807) is 26.2 Å². The van der Waals surface area contributed by atoms with Crippen molar-refractivity contribution in [1.82, 2.24) is 14.9 Å². The number of H-pyrrole nitrogens is 1. The number of ether oxygens (including phenoxy) is 2. The number of methoxy groups -OCH3 is 1. The van der Waals surface area contributed by atoms with Crippen molar-refractivity contribution in [2.75, 3.05) is 25.1 Å². The van der Waals surface area contributed by atoms with Crippen LogP contribution in [0.1, 0.15) is 69.9 Å². The Morgan fingerprint density at radius 2 is 1.94 bits per heavy atom. The van der Waals surface area contributed by atoms with Gasteiger partial charge in [0.1, 0.15) is 17.7 Å². The van der Waals surface area contributed by atoms with E-state index in [-0.39, 0.29) is 30.0 Å². The summed E-state index contributed by atoms with van der Waals surface area (Å²) in [6.07, 6.45) is 6.23. The molecule has 1 saturated heterocycles. The number of aliphatic hydroxyl groups excluding tert-OH is 1. The number of allylic oxidation sites excluding steroid dienone is 1. The maximum Gasteiger partial charge on any atom is 0.330 e. The number of nitrogens with one attached hydrogen (secondary N) is 2. The third kappa shape index (κ3) is 7.83. The summed E-state index contributed by atoms with van der Waals surface area (Å²) in [5, 5.41) is 21.8. The number of aryl methyl sites for hydroxylation is 1. The molecule has 3 atom stereocenters. The van der Waals surface area contributed by atoms with Gasteiger partial charge in [0.15, 0.2) is 0 Å². The molecule has 3 N–H and O–H groups in total. The standard InChI is InChI=1S/C36H44N6O6/c1-22-11-13-26(14-12-22)39-40-28-17-27-23(2)20-36(4,5)42(29(27)18-31(28)47-6)16-8-10-32(44)37-15-7-9-25-21-41(35(46)38-34(25)45)33-19-30(43)24(3)48-33/h7,9,11-14,17-18,20-21,24,30,33,43H,8,10,15-16,19H2,1-6H3,(H,37,44)(H,38,45,46)/b9-7+,40-39+/t24-,30?,33-/m1/s1. The van der Waals surface area contributed by atoms with Crippen LogP contribution in [0.3, 0.4) is 0 Å². The van der Waals surface area contributed by atoms with E-state index < -0.39 is 29.7 Å². The Bertz CT molecular complexity index is 1850. The van der Waals surface area contributed by atoms with Crippen molar-refractivity contribution < 1.29 is 19.4 Å². The molecule has 48 heavy (non-hydrogen) atoms. The van der Waals surface area contributed by atoms with Crippen molar-refractivity contribution in [3.8, 4) is 5.75 Å². The summed E-state index contributed by atoms with van der Waals surface area (Å²) in [6.45, 7) is 11.0. The van der Waals surface area contributed by atoms with Crippen molar-refractivity contribution in [2.24, 2.45) is 10.2 Å². The number of hydrogen-bond acceptors (Lipinski definition) is 9. The Labute approximate surface area is 279 Å². The number of azo groups is 1. The van der Waals surface area contributed by atoms with Gasteiger partial charge in [-0.15, -0.1) is 5.11 Å². The number of anilines is 1. The number of benzene rings is 2. The molecule has 0 bridgehead atoms. The van der Waals surface area contributed by atoms with Crippen molar-refractivity contribution in [3.05, 3.63) is 92.3 Å². The van der Waals surface area contributed by atoms with E-state index >= 15 is 0 Å². The van der Waals surface area contributed by atoms with Crippen molar-refractivity contribution in [1.29, 1.82) is 0 Å². The maximum absolute atomic E-state index is 12.7. The van der Waals surface area contributed by atoms with Crippen LogP contribution in [-0.2, 0) is 9.53 Å². The van der Waals surface area contributed by atoms with Crippen LogP contribution in [0.25, 0.3) is 11.6 Å². The number of aliphatic hydroxyl groups is 1. The highest BCUT2D eigenvalue weighted by atomic mass is 16.5. The van der Waals surface area contributed by atoms with Gasteiger partial charge in [0.25, 0.3) is 5.56 Å². The van der Waals surface area contributed by atoms with E-state index in [2.05, 4.69) is 52.3 Å². The number of amides is 1. The molecule has 2 aliphatic rings. The summed E-state index contributed by atoms with van der Waals surface area (Å²) in [6, 6.07) is 11.8. The van der Waals surface area contributed by atoms with E-state index in [4.69, 9.17) is 9.47 Å². The topological polar surface area (TPSA) is 151 Å². The second-order valence-electron chi connectivity index (χ2n) is 12.9. The molecule has 1 fully saturated rings. The minimum atomic E-state index is -0.693. The van der Waals surface area contributed by atoms with Crippen molar-refractivity contribution in [2.45, 2.75) is 77.9 Å².